The average molecular weight is 363 g/mol. The van der Waals surface area contributed by atoms with Crippen molar-refractivity contribution in [1.29, 1.82) is 0 Å². The maximum Gasteiger partial charge on any atom is 0.409 e. The molecule has 0 spiro atoms. The lowest BCUT2D eigenvalue weighted by Gasteiger charge is -2.31. The van der Waals surface area contributed by atoms with Gasteiger partial charge in [-0.25, -0.2) is 17.9 Å². The minimum absolute atomic E-state index is 0.0739. The van der Waals surface area contributed by atoms with E-state index in [9.17, 15) is 13.2 Å². The third-order valence-electron chi connectivity index (χ3n) is 3.69. The summed E-state index contributed by atoms with van der Waals surface area (Å²) in [6.45, 7) is 5.82. The van der Waals surface area contributed by atoms with E-state index in [-0.39, 0.29) is 17.9 Å². The van der Waals surface area contributed by atoms with Crippen molar-refractivity contribution in [1.82, 2.24) is 14.9 Å². The van der Waals surface area contributed by atoms with Crippen molar-refractivity contribution in [3.8, 4) is 0 Å². The quantitative estimate of drug-likeness (QED) is 0.312. The first kappa shape index (κ1) is 20.5. The van der Waals surface area contributed by atoms with Gasteiger partial charge in [0.1, 0.15) is 0 Å². The summed E-state index contributed by atoms with van der Waals surface area (Å²) in [6.07, 6.45) is 1.88. The molecule has 0 aromatic carbocycles. The van der Waals surface area contributed by atoms with Crippen molar-refractivity contribution in [3.05, 3.63) is 0 Å². The fourth-order valence-electron chi connectivity index (χ4n) is 2.28. The molecule has 0 aliphatic carbocycles. The molecule has 0 radical (unpaired) electrons. The number of hydrogen-bond acceptors (Lipinski definition) is 5. The van der Waals surface area contributed by atoms with Gasteiger partial charge in [-0.2, -0.15) is 0 Å². The number of sulfonamides is 1. The van der Waals surface area contributed by atoms with Crippen LogP contribution in [0.15, 0.2) is 4.99 Å². The second-order valence-electron chi connectivity index (χ2n) is 5.52. The van der Waals surface area contributed by atoms with Crippen molar-refractivity contribution in [3.63, 3.8) is 0 Å². The molecule has 0 aromatic heterocycles. The monoisotopic (exact) mass is 363 g/mol. The largest absolute Gasteiger partial charge is 0.450 e. The third-order valence-corrected chi connectivity index (χ3v) is 5.10. The Bertz CT molecular complexity index is 515. The lowest BCUT2D eigenvalue weighted by Crippen LogP contribution is -2.48. The van der Waals surface area contributed by atoms with Crippen molar-refractivity contribution in [2.75, 3.05) is 38.5 Å². The molecule has 4 N–H and O–H groups in total. The molecule has 1 heterocycles. The zero-order chi connectivity index (χ0) is 18.0. The van der Waals surface area contributed by atoms with E-state index in [1.807, 2.05) is 0 Å². The molecule has 1 amide bonds. The van der Waals surface area contributed by atoms with Gasteiger partial charge in [-0.1, -0.05) is 0 Å². The summed E-state index contributed by atoms with van der Waals surface area (Å²) >= 11 is 0. The summed E-state index contributed by atoms with van der Waals surface area (Å²) < 4.78 is 30.0. The van der Waals surface area contributed by atoms with Crippen LogP contribution in [0.3, 0.4) is 0 Å². The second kappa shape index (κ2) is 10.3. The number of rotatable bonds is 8. The smallest absolute Gasteiger partial charge is 0.409 e. The molecule has 9 nitrogen and oxygen atoms in total. The molecule has 1 aliphatic rings. The highest BCUT2D eigenvalue weighted by Crippen LogP contribution is 2.11. The molecule has 0 atom stereocenters. The third kappa shape index (κ3) is 7.82. The van der Waals surface area contributed by atoms with Crippen LogP contribution < -0.4 is 15.8 Å². The molecule has 1 aliphatic heterocycles. The number of ether oxygens (including phenoxy) is 1. The van der Waals surface area contributed by atoms with Crippen LogP contribution in [-0.2, 0) is 14.8 Å². The van der Waals surface area contributed by atoms with E-state index in [2.05, 4.69) is 15.0 Å². The van der Waals surface area contributed by atoms with E-state index in [0.29, 0.717) is 45.2 Å². The number of nitrogens with one attached hydrogen (secondary N) is 2. The molecule has 1 fully saturated rings. The Morgan fingerprint density at radius 3 is 2.58 bits per heavy atom. The maximum atomic E-state index is 11.6. The number of nitrogens with two attached hydrogens (primary N) is 1. The van der Waals surface area contributed by atoms with Gasteiger partial charge in [0.15, 0.2) is 5.96 Å². The molecule has 0 saturated carbocycles. The first-order valence-electron chi connectivity index (χ1n) is 8.33. The van der Waals surface area contributed by atoms with Crippen molar-refractivity contribution in [2.45, 2.75) is 39.2 Å². The number of guanidine groups is 1. The van der Waals surface area contributed by atoms with Gasteiger partial charge in [0, 0.05) is 32.2 Å². The van der Waals surface area contributed by atoms with Crippen molar-refractivity contribution < 1.29 is 17.9 Å². The minimum Gasteiger partial charge on any atom is -0.450 e. The molecule has 10 heteroatoms. The molecular weight excluding hydrogens is 334 g/mol. The van der Waals surface area contributed by atoms with Crippen molar-refractivity contribution >= 4 is 22.1 Å². The van der Waals surface area contributed by atoms with Gasteiger partial charge in [0.05, 0.1) is 12.4 Å². The van der Waals surface area contributed by atoms with E-state index >= 15 is 0 Å². The number of aliphatic imine (C=N–C) groups is 1. The van der Waals surface area contributed by atoms with E-state index < -0.39 is 10.0 Å². The minimum atomic E-state index is -3.15. The molecule has 0 aromatic rings. The Hall–Kier alpha value is -1.55. The number of carbonyl (C=O) groups excluding carboxylic acids is 1. The first-order valence-corrected chi connectivity index (χ1v) is 9.98. The Labute approximate surface area is 144 Å². The first-order chi connectivity index (χ1) is 11.4. The van der Waals surface area contributed by atoms with E-state index in [0.717, 1.165) is 12.8 Å². The van der Waals surface area contributed by atoms with Crippen LogP contribution in [0, 0.1) is 0 Å². The SMILES string of the molecule is CCOC(=O)N1CCC(NC(N)=NCCCNS(=O)(=O)CC)CC1. The van der Waals surface area contributed by atoms with Gasteiger partial charge in [-0.15, -0.1) is 0 Å². The van der Waals surface area contributed by atoms with Gasteiger partial charge in [0.2, 0.25) is 10.0 Å². The topological polar surface area (TPSA) is 126 Å². The van der Waals surface area contributed by atoms with Crippen LogP contribution in [-0.4, -0.2) is 70.0 Å². The summed E-state index contributed by atoms with van der Waals surface area (Å²) in [5.74, 6) is 0.424. The lowest BCUT2D eigenvalue weighted by molar-refractivity contribution is 0.0963. The van der Waals surface area contributed by atoms with E-state index in [4.69, 9.17) is 10.5 Å². The van der Waals surface area contributed by atoms with E-state index in [1.165, 1.54) is 0 Å². The van der Waals surface area contributed by atoms with Gasteiger partial charge in [0.25, 0.3) is 0 Å². The number of carbonyl (C=O) groups is 1. The van der Waals surface area contributed by atoms with Crippen LogP contribution in [0.2, 0.25) is 0 Å². The highest BCUT2D eigenvalue weighted by atomic mass is 32.2. The zero-order valence-corrected chi connectivity index (χ0v) is 15.3. The Morgan fingerprint density at radius 2 is 2.00 bits per heavy atom. The standard InChI is InChI=1S/C14H29N5O4S/c1-3-23-14(20)19-10-6-12(7-11-19)18-13(15)16-8-5-9-17-24(21,22)4-2/h12,17H,3-11H2,1-2H3,(H3,15,16,18). The highest BCUT2D eigenvalue weighted by Gasteiger charge is 2.23. The summed E-state index contributed by atoms with van der Waals surface area (Å²) in [5, 5.41) is 3.14. The highest BCUT2D eigenvalue weighted by molar-refractivity contribution is 7.89. The molecule has 0 unspecified atom stereocenters. The van der Waals surface area contributed by atoms with Gasteiger partial charge < -0.3 is 20.7 Å². The number of hydrogen-bond donors (Lipinski definition) is 3. The molecule has 1 saturated heterocycles. The van der Waals surface area contributed by atoms with Crippen LogP contribution in [0.1, 0.15) is 33.1 Å². The fraction of sp³-hybridized carbons (Fsp3) is 0.857. The van der Waals surface area contributed by atoms with E-state index in [1.54, 1.807) is 18.7 Å². The normalized spacial score (nSPS) is 16.9. The molecular formula is C14H29N5O4S. The predicted molar refractivity (Wildman–Crippen MR) is 93.3 cm³/mol. The Morgan fingerprint density at radius 1 is 1.33 bits per heavy atom. The zero-order valence-electron chi connectivity index (χ0n) is 14.5. The Kier molecular flexibility index (Phi) is 8.83. The van der Waals surface area contributed by atoms with Crippen molar-refractivity contribution in [2.24, 2.45) is 10.7 Å². The molecule has 24 heavy (non-hydrogen) atoms. The van der Waals surface area contributed by atoms with Gasteiger partial charge >= 0.3 is 6.09 Å². The maximum absolute atomic E-state index is 11.6. The number of piperidine rings is 1. The molecule has 140 valence electrons. The van der Waals surface area contributed by atoms with Gasteiger partial charge in [-0.05, 0) is 33.1 Å². The fourth-order valence-corrected chi connectivity index (χ4v) is 2.94. The number of likely N-dealkylation sites (tertiary alicyclic amines) is 1. The van der Waals surface area contributed by atoms with Crippen LogP contribution in [0.4, 0.5) is 4.79 Å². The van der Waals surface area contributed by atoms with Crippen LogP contribution >= 0.6 is 0 Å². The van der Waals surface area contributed by atoms with Crippen LogP contribution in [0.25, 0.3) is 0 Å². The summed E-state index contributed by atoms with van der Waals surface area (Å²) in [4.78, 5) is 17.5. The summed E-state index contributed by atoms with van der Waals surface area (Å²) in [5.41, 5.74) is 5.84. The summed E-state index contributed by atoms with van der Waals surface area (Å²) in [7, 11) is -3.15. The van der Waals surface area contributed by atoms with Crippen LogP contribution in [0.5, 0.6) is 0 Å². The summed E-state index contributed by atoms with van der Waals surface area (Å²) in [6, 6.07) is 0.179. The molecule has 0 bridgehead atoms. The average Bonchev–Trinajstić information content (AvgIpc) is 2.55. The predicted octanol–water partition coefficient (Wildman–Crippen LogP) is -0.159. The second-order valence-corrected chi connectivity index (χ2v) is 7.62. The molecule has 1 rings (SSSR count). The number of amides is 1. The Balaban J connectivity index is 2.21. The lowest BCUT2D eigenvalue weighted by atomic mass is 10.1. The van der Waals surface area contributed by atoms with Gasteiger partial charge in [-0.3, -0.25) is 4.99 Å². The number of nitrogens with zero attached hydrogens (tertiary/aromatic N) is 2.